The van der Waals surface area contributed by atoms with Crippen LogP contribution in [0.25, 0.3) is 5.76 Å². The second-order valence-electron chi connectivity index (χ2n) is 8.30. The number of hydrogen-bond donors (Lipinski definition) is 1. The molecule has 1 unspecified atom stereocenters. The maximum Gasteiger partial charge on any atom is 0.300 e. The van der Waals surface area contributed by atoms with Crippen molar-refractivity contribution in [2.45, 2.75) is 12.6 Å². The maximum absolute atomic E-state index is 13.3. The summed E-state index contributed by atoms with van der Waals surface area (Å²) in [5, 5.41) is 13.5. The molecular weight excluding hydrogens is 510 g/mol. The summed E-state index contributed by atoms with van der Waals surface area (Å²) in [4.78, 5) is 28.7. The number of rotatable bonds is 7. The number of hydrogen-bond acceptors (Lipinski definition) is 6. The molecule has 1 aliphatic rings. The first-order valence-electron chi connectivity index (χ1n) is 11.4. The first kappa shape index (κ1) is 24.6. The zero-order chi connectivity index (χ0) is 25.9. The van der Waals surface area contributed by atoms with E-state index in [-0.39, 0.29) is 11.3 Å². The van der Waals surface area contributed by atoms with E-state index in [4.69, 9.17) is 21.1 Å². The van der Waals surface area contributed by atoms with Crippen LogP contribution in [-0.2, 0) is 16.2 Å². The van der Waals surface area contributed by atoms with Crippen molar-refractivity contribution in [1.29, 1.82) is 0 Å². The number of carbonyl (C=O) groups excluding carboxylic acids is 2. The van der Waals surface area contributed by atoms with E-state index < -0.39 is 17.7 Å². The topological polar surface area (TPSA) is 76.1 Å². The van der Waals surface area contributed by atoms with Crippen LogP contribution in [0.5, 0.6) is 11.5 Å². The smallest absolute Gasteiger partial charge is 0.300 e. The molecule has 1 aliphatic heterocycles. The first-order valence-corrected chi connectivity index (χ1v) is 12.7. The number of methoxy groups -OCH3 is 1. The van der Waals surface area contributed by atoms with Crippen LogP contribution in [0, 0.1) is 0 Å². The lowest BCUT2D eigenvalue weighted by molar-refractivity contribution is -0.132. The van der Waals surface area contributed by atoms with Crippen molar-refractivity contribution in [3.8, 4) is 11.5 Å². The van der Waals surface area contributed by atoms with E-state index in [9.17, 15) is 14.7 Å². The summed E-state index contributed by atoms with van der Waals surface area (Å²) < 4.78 is 11.1. The highest BCUT2D eigenvalue weighted by Crippen LogP contribution is 2.44. The SMILES string of the molecule is COc1cc(/C(O)=C2/C(=O)C(=O)N(c3ccc(OCc4ccccc4)cc3)C2c2cccs2)ccc1Cl. The predicted octanol–water partition coefficient (Wildman–Crippen LogP) is 6.62. The lowest BCUT2D eigenvalue weighted by Gasteiger charge is -2.24. The Bertz CT molecular complexity index is 1470. The highest BCUT2D eigenvalue weighted by atomic mass is 35.5. The van der Waals surface area contributed by atoms with E-state index in [1.54, 1.807) is 36.4 Å². The Hall–Kier alpha value is -4.07. The molecule has 0 spiro atoms. The Labute approximate surface area is 223 Å². The second kappa shape index (κ2) is 10.5. The predicted molar refractivity (Wildman–Crippen MR) is 144 cm³/mol. The number of ether oxygens (including phenoxy) is 2. The van der Waals surface area contributed by atoms with Crippen LogP contribution in [0.3, 0.4) is 0 Å². The minimum absolute atomic E-state index is 0.00114. The molecule has 0 saturated carbocycles. The van der Waals surface area contributed by atoms with Crippen molar-refractivity contribution in [1.82, 2.24) is 0 Å². The van der Waals surface area contributed by atoms with Crippen molar-refractivity contribution in [2.24, 2.45) is 0 Å². The van der Waals surface area contributed by atoms with Gasteiger partial charge in [-0.25, -0.2) is 0 Å². The van der Waals surface area contributed by atoms with E-state index in [1.807, 2.05) is 47.8 Å². The summed E-state index contributed by atoms with van der Waals surface area (Å²) in [5.74, 6) is -0.811. The fourth-order valence-corrected chi connectivity index (χ4v) is 5.24. The quantitative estimate of drug-likeness (QED) is 0.165. The van der Waals surface area contributed by atoms with Crippen molar-refractivity contribution in [2.75, 3.05) is 12.0 Å². The van der Waals surface area contributed by atoms with E-state index >= 15 is 0 Å². The molecule has 0 bridgehead atoms. The third-order valence-electron chi connectivity index (χ3n) is 6.04. The molecular formula is C29H22ClNO5S. The van der Waals surface area contributed by atoms with Crippen molar-refractivity contribution in [3.05, 3.63) is 117 Å². The fraction of sp³-hybridized carbons (Fsp3) is 0.103. The standard InChI is InChI=1S/C29H22ClNO5S/c1-35-23-16-19(9-14-22(23)30)27(32)25-26(24-8-5-15-37-24)31(29(34)28(25)33)20-10-12-21(13-11-20)36-17-18-6-3-2-4-7-18/h2-16,26,32H,17H2,1H3/b27-25-. The number of benzene rings is 3. The number of halogens is 1. The van der Waals surface area contributed by atoms with Gasteiger partial charge >= 0.3 is 0 Å². The molecule has 0 aliphatic carbocycles. The molecule has 0 radical (unpaired) electrons. The first-order chi connectivity index (χ1) is 18.0. The van der Waals surface area contributed by atoms with Gasteiger partial charge in [-0.1, -0.05) is 48.0 Å². The zero-order valence-corrected chi connectivity index (χ0v) is 21.3. The van der Waals surface area contributed by atoms with E-state index in [0.717, 1.165) is 10.4 Å². The summed E-state index contributed by atoms with van der Waals surface area (Å²) in [6, 6.07) is 24.3. The fourth-order valence-electron chi connectivity index (χ4n) is 4.22. The van der Waals surface area contributed by atoms with Crippen LogP contribution < -0.4 is 14.4 Å². The summed E-state index contributed by atoms with van der Waals surface area (Å²) in [5.41, 5.74) is 1.88. The van der Waals surface area contributed by atoms with Gasteiger partial charge in [-0.05, 0) is 59.5 Å². The number of carbonyl (C=O) groups is 2. The van der Waals surface area contributed by atoms with Crippen LogP contribution in [0.4, 0.5) is 5.69 Å². The average Bonchev–Trinajstić information content (AvgIpc) is 3.55. The van der Waals surface area contributed by atoms with Gasteiger partial charge in [-0.2, -0.15) is 0 Å². The van der Waals surface area contributed by atoms with Crippen LogP contribution in [0.2, 0.25) is 5.02 Å². The minimum Gasteiger partial charge on any atom is -0.507 e. The highest BCUT2D eigenvalue weighted by Gasteiger charge is 2.47. The molecule has 1 amide bonds. The number of aliphatic hydroxyl groups is 1. The summed E-state index contributed by atoms with van der Waals surface area (Å²) in [7, 11) is 1.46. The van der Waals surface area contributed by atoms with Gasteiger partial charge in [-0.3, -0.25) is 14.5 Å². The van der Waals surface area contributed by atoms with Gasteiger partial charge in [0.25, 0.3) is 11.7 Å². The Balaban J connectivity index is 1.51. The van der Waals surface area contributed by atoms with Crippen LogP contribution in [0.1, 0.15) is 22.0 Å². The van der Waals surface area contributed by atoms with Crippen molar-refractivity contribution >= 4 is 46.1 Å². The zero-order valence-electron chi connectivity index (χ0n) is 19.8. The summed E-state index contributed by atoms with van der Waals surface area (Å²) >= 11 is 7.53. The van der Waals surface area contributed by atoms with Crippen LogP contribution >= 0.6 is 22.9 Å². The number of ketones is 1. The Morgan fingerprint density at radius 2 is 1.76 bits per heavy atom. The number of amides is 1. The van der Waals surface area contributed by atoms with Gasteiger partial charge in [0.2, 0.25) is 0 Å². The molecule has 186 valence electrons. The Morgan fingerprint density at radius 3 is 2.43 bits per heavy atom. The highest BCUT2D eigenvalue weighted by molar-refractivity contribution is 7.10. The molecule has 5 rings (SSSR count). The maximum atomic E-state index is 13.3. The Morgan fingerprint density at radius 1 is 1.00 bits per heavy atom. The minimum atomic E-state index is -0.794. The molecule has 1 saturated heterocycles. The molecule has 1 aromatic heterocycles. The molecule has 1 atom stereocenters. The third-order valence-corrected chi connectivity index (χ3v) is 7.28. The summed E-state index contributed by atoms with van der Waals surface area (Å²) in [6.07, 6.45) is 0. The molecule has 6 nitrogen and oxygen atoms in total. The lowest BCUT2D eigenvalue weighted by atomic mass is 9.99. The molecule has 8 heteroatoms. The molecule has 2 heterocycles. The molecule has 1 N–H and O–H groups in total. The van der Waals surface area contributed by atoms with Gasteiger partial charge in [0, 0.05) is 16.1 Å². The third kappa shape index (κ3) is 4.83. The number of anilines is 1. The van der Waals surface area contributed by atoms with Gasteiger partial charge in [0.1, 0.15) is 29.9 Å². The monoisotopic (exact) mass is 531 g/mol. The van der Waals surface area contributed by atoms with E-state index in [0.29, 0.717) is 34.4 Å². The number of aliphatic hydroxyl groups excluding tert-OH is 1. The Kier molecular flexibility index (Phi) is 6.99. The number of thiophene rings is 1. The molecule has 3 aromatic carbocycles. The van der Waals surface area contributed by atoms with Crippen LogP contribution in [0.15, 0.2) is 95.9 Å². The van der Waals surface area contributed by atoms with Gasteiger partial charge in [0.15, 0.2) is 0 Å². The summed E-state index contributed by atoms with van der Waals surface area (Å²) in [6.45, 7) is 0.407. The van der Waals surface area contributed by atoms with Gasteiger partial charge < -0.3 is 14.6 Å². The average molecular weight is 532 g/mol. The molecule has 37 heavy (non-hydrogen) atoms. The van der Waals surface area contributed by atoms with E-state index in [2.05, 4.69) is 0 Å². The molecule has 1 fully saturated rings. The van der Waals surface area contributed by atoms with Crippen molar-refractivity contribution < 1.29 is 24.2 Å². The van der Waals surface area contributed by atoms with E-state index in [1.165, 1.54) is 29.4 Å². The number of nitrogens with zero attached hydrogens (tertiary/aromatic N) is 1. The largest absolute Gasteiger partial charge is 0.507 e. The van der Waals surface area contributed by atoms with Gasteiger partial charge in [-0.15, -0.1) is 11.3 Å². The van der Waals surface area contributed by atoms with Gasteiger partial charge in [0.05, 0.1) is 17.7 Å². The normalized spacial score (nSPS) is 16.7. The molecule has 4 aromatic rings. The number of Topliss-reactive ketones (excluding diaryl/α,β-unsaturated/α-hetero) is 1. The van der Waals surface area contributed by atoms with Crippen molar-refractivity contribution in [3.63, 3.8) is 0 Å². The van der Waals surface area contributed by atoms with Crippen LogP contribution in [-0.4, -0.2) is 23.9 Å². The second-order valence-corrected chi connectivity index (χ2v) is 9.69. The lowest BCUT2D eigenvalue weighted by Crippen LogP contribution is -2.29.